The number of sulfonamides is 1. The second kappa shape index (κ2) is 8.59. The van der Waals surface area contributed by atoms with Crippen LogP contribution < -0.4 is 20.5 Å². The van der Waals surface area contributed by atoms with Crippen LogP contribution in [0.25, 0.3) is 0 Å². The monoisotopic (exact) mass is 450 g/mol. The molecular formula is C15H13F3N4O5S2. The van der Waals surface area contributed by atoms with E-state index in [9.17, 15) is 31.7 Å². The fourth-order valence-corrected chi connectivity index (χ4v) is 2.78. The molecule has 0 fully saturated rings. The van der Waals surface area contributed by atoms with E-state index in [1.807, 2.05) is 0 Å². The highest BCUT2D eigenvalue weighted by Crippen LogP contribution is 2.28. The van der Waals surface area contributed by atoms with Gasteiger partial charge in [0.05, 0.1) is 21.6 Å². The van der Waals surface area contributed by atoms with E-state index in [2.05, 4.69) is 15.4 Å². The van der Waals surface area contributed by atoms with Crippen LogP contribution in [0.5, 0.6) is 5.75 Å². The molecule has 14 heteroatoms. The summed E-state index contributed by atoms with van der Waals surface area (Å²) in [6.45, 7) is -1.62. The van der Waals surface area contributed by atoms with Crippen LogP contribution in [0.1, 0.15) is 0 Å². The van der Waals surface area contributed by atoms with Crippen molar-refractivity contribution < 1.29 is 31.2 Å². The summed E-state index contributed by atoms with van der Waals surface area (Å²) in [4.78, 5) is 10.1. The zero-order chi connectivity index (χ0) is 21.8. The summed E-state index contributed by atoms with van der Waals surface area (Å²) in [6.07, 6.45) is -4.61. The molecular weight excluding hydrogens is 437 g/mol. The number of anilines is 2. The number of benzene rings is 2. The molecule has 2 aromatic rings. The molecule has 2 rings (SSSR count). The number of hydrogen-bond donors (Lipinski definition) is 3. The Balaban J connectivity index is 2.14. The molecule has 0 saturated carbocycles. The molecule has 0 aliphatic carbocycles. The minimum Gasteiger partial charge on any atom is -0.484 e. The molecule has 0 heterocycles. The quantitative estimate of drug-likeness (QED) is 0.347. The zero-order valence-electron chi connectivity index (χ0n) is 14.3. The van der Waals surface area contributed by atoms with Crippen LogP contribution in [-0.2, 0) is 10.0 Å². The Labute approximate surface area is 167 Å². The van der Waals surface area contributed by atoms with E-state index in [4.69, 9.17) is 17.4 Å². The molecule has 0 unspecified atom stereocenters. The number of non-ortho nitro benzene ring substituents is 1. The summed E-state index contributed by atoms with van der Waals surface area (Å²) in [7, 11) is -3.86. The summed E-state index contributed by atoms with van der Waals surface area (Å²) in [5.41, 5.74) is -0.128. The Morgan fingerprint density at radius 3 is 2.24 bits per heavy atom. The number of nitro benzene ring substituents is 1. The van der Waals surface area contributed by atoms with Gasteiger partial charge in [0.1, 0.15) is 5.75 Å². The van der Waals surface area contributed by atoms with Gasteiger partial charge in [0, 0.05) is 17.8 Å². The molecule has 0 aliphatic heterocycles. The first-order chi connectivity index (χ1) is 13.3. The van der Waals surface area contributed by atoms with E-state index in [1.54, 1.807) is 0 Å². The van der Waals surface area contributed by atoms with Crippen molar-refractivity contribution in [2.24, 2.45) is 5.14 Å². The number of halogens is 3. The van der Waals surface area contributed by atoms with Crippen LogP contribution in [-0.4, -0.2) is 31.2 Å². The molecule has 0 bridgehead atoms. The standard InChI is InChI=1S/C15H13F3N4O5S2/c16-15(17,18)8-27-12-6-10(5-11(7-12)22(23)24)21-14(28)20-9-1-3-13(4-2-9)29(19,25)26/h1-7H,8H2,(H2,19,25,26)(H2,20,21,28). The zero-order valence-corrected chi connectivity index (χ0v) is 15.9. The lowest BCUT2D eigenvalue weighted by atomic mass is 10.2. The number of primary sulfonamides is 1. The number of nitrogens with one attached hydrogen (secondary N) is 2. The predicted octanol–water partition coefficient (Wildman–Crippen LogP) is 2.99. The van der Waals surface area contributed by atoms with E-state index in [0.717, 1.165) is 18.2 Å². The van der Waals surface area contributed by atoms with Crippen molar-refractivity contribution in [1.82, 2.24) is 0 Å². The van der Waals surface area contributed by atoms with Gasteiger partial charge in [-0.05, 0) is 36.5 Å². The first kappa shape index (κ1) is 22.3. The fourth-order valence-electron chi connectivity index (χ4n) is 2.03. The first-order valence-corrected chi connectivity index (χ1v) is 9.49. The van der Waals surface area contributed by atoms with Gasteiger partial charge in [-0.15, -0.1) is 0 Å². The van der Waals surface area contributed by atoms with Gasteiger partial charge in [-0.2, -0.15) is 13.2 Å². The minimum atomic E-state index is -4.61. The van der Waals surface area contributed by atoms with Gasteiger partial charge in [0.15, 0.2) is 11.7 Å². The maximum atomic E-state index is 12.3. The van der Waals surface area contributed by atoms with E-state index in [0.29, 0.717) is 5.69 Å². The molecule has 29 heavy (non-hydrogen) atoms. The van der Waals surface area contributed by atoms with Crippen molar-refractivity contribution in [2.75, 3.05) is 17.2 Å². The molecule has 0 aromatic heterocycles. The van der Waals surface area contributed by atoms with Crippen LogP contribution in [0, 0.1) is 10.1 Å². The molecule has 0 radical (unpaired) electrons. The summed E-state index contributed by atoms with van der Waals surface area (Å²) in [5.74, 6) is -0.376. The van der Waals surface area contributed by atoms with E-state index in [1.165, 1.54) is 24.3 Å². The largest absolute Gasteiger partial charge is 0.484 e. The summed E-state index contributed by atoms with van der Waals surface area (Å²) < 4.78 is 63.9. The average Bonchev–Trinajstić information content (AvgIpc) is 2.58. The molecule has 0 aliphatic rings. The predicted molar refractivity (Wildman–Crippen MR) is 102 cm³/mol. The number of hydrogen-bond acceptors (Lipinski definition) is 6. The minimum absolute atomic E-state index is 0.00929. The second-order valence-corrected chi connectivity index (χ2v) is 7.49. The number of rotatable bonds is 6. The van der Waals surface area contributed by atoms with E-state index >= 15 is 0 Å². The fraction of sp³-hybridized carbons (Fsp3) is 0.133. The lowest BCUT2D eigenvalue weighted by molar-refractivity contribution is -0.384. The van der Waals surface area contributed by atoms with Gasteiger partial charge >= 0.3 is 6.18 Å². The summed E-state index contributed by atoms with van der Waals surface area (Å²) in [6, 6.07) is 8.22. The Hall–Kier alpha value is -2.97. The maximum absolute atomic E-state index is 12.3. The second-order valence-electron chi connectivity index (χ2n) is 5.53. The highest BCUT2D eigenvalue weighted by atomic mass is 32.2. The van der Waals surface area contributed by atoms with E-state index < -0.39 is 33.4 Å². The third-order valence-electron chi connectivity index (χ3n) is 3.20. The number of nitro groups is 1. The number of thiocarbonyl (C=S) groups is 1. The molecule has 0 spiro atoms. The van der Waals surface area contributed by atoms with Crippen molar-refractivity contribution in [3.8, 4) is 5.75 Å². The molecule has 9 nitrogen and oxygen atoms in total. The van der Waals surface area contributed by atoms with Crippen LogP contribution in [0.4, 0.5) is 30.2 Å². The average molecular weight is 450 g/mol. The normalized spacial score (nSPS) is 11.6. The smallest absolute Gasteiger partial charge is 0.422 e. The number of alkyl halides is 3. The lowest BCUT2D eigenvalue weighted by Crippen LogP contribution is -2.20. The Bertz CT molecular complexity index is 1030. The van der Waals surface area contributed by atoms with Crippen molar-refractivity contribution in [3.05, 3.63) is 52.6 Å². The van der Waals surface area contributed by atoms with Gasteiger partial charge in [0.2, 0.25) is 10.0 Å². The summed E-state index contributed by atoms with van der Waals surface area (Å²) in [5, 5.41) is 21.2. The van der Waals surface area contributed by atoms with Gasteiger partial charge < -0.3 is 15.4 Å². The van der Waals surface area contributed by atoms with Crippen LogP contribution in [0.15, 0.2) is 47.4 Å². The van der Waals surface area contributed by atoms with Crippen LogP contribution >= 0.6 is 12.2 Å². The van der Waals surface area contributed by atoms with Crippen LogP contribution in [0.2, 0.25) is 0 Å². The number of nitrogens with zero attached hydrogens (tertiary/aromatic N) is 1. The van der Waals surface area contributed by atoms with Crippen molar-refractivity contribution >= 4 is 44.4 Å². The Morgan fingerprint density at radius 2 is 1.72 bits per heavy atom. The van der Waals surface area contributed by atoms with Crippen molar-refractivity contribution in [1.29, 1.82) is 0 Å². The highest BCUT2D eigenvalue weighted by molar-refractivity contribution is 7.89. The van der Waals surface area contributed by atoms with Crippen molar-refractivity contribution in [3.63, 3.8) is 0 Å². The molecule has 0 amide bonds. The Kier molecular flexibility index (Phi) is 6.61. The SMILES string of the molecule is NS(=O)(=O)c1ccc(NC(=S)Nc2cc(OCC(F)(F)F)cc([N+](=O)[O-])c2)cc1. The van der Waals surface area contributed by atoms with Crippen molar-refractivity contribution in [2.45, 2.75) is 11.1 Å². The number of ether oxygens (including phenoxy) is 1. The summed E-state index contributed by atoms with van der Waals surface area (Å²) >= 11 is 5.04. The third kappa shape index (κ3) is 7.17. The molecule has 2 aromatic carbocycles. The molecule has 0 saturated heterocycles. The Morgan fingerprint density at radius 1 is 1.14 bits per heavy atom. The lowest BCUT2D eigenvalue weighted by Gasteiger charge is -2.13. The highest BCUT2D eigenvalue weighted by Gasteiger charge is 2.28. The van der Waals surface area contributed by atoms with Gasteiger partial charge in [0.25, 0.3) is 5.69 Å². The maximum Gasteiger partial charge on any atom is 0.422 e. The molecule has 0 atom stereocenters. The van der Waals surface area contributed by atoms with Gasteiger partial charge in [-0.25, -0.2) is 13.6 Å². The topological polar surface area (TPSA) is 137 Å². The molecule has 4 N–H and O–H groups in total. The van der Waals surface area contributed by atoms with Gasteiger partial charge in [-0.3, -0.25) is 10.1 Å². The van der Waals surface area contributed by atoms with Crippen LogP contribution in [0.3, 0.4) is 0 Å². The van der Waals surface area contributed by atoms with E-state index in [-0.39, 0.29) is 21.4 Å². The van der Waals surface area contributed by atoms with Gasteiger partial charge in [-0.1, -0.05) is 0 Å². The first-order valence-electron chi connectivity index (χ1n) is 7.53. The third-order valence-corrected chi connectivity index (χ3v) is 4.34. The number of nitrogens with two attached hydrogens (primary N) is 1. The molecule has 156 valence electrons.